The largest absolute Gasteiger partial charge is 0.465 e. The van der Waals surface area contributed by atoms with Crippen LogP contribution >= 0.6 is 0 Å². The van der Waals surface area contributed by atoms with Crippen LogP contribution in [0.1, 0.15) is 0 Å². The van der Waals surface area contributed by atoms with Crippen LogP contribution in [0.4, 0.5) is 0 Å². The lowest BCUT2D eigenvalue weighted by atomic mass is 10.7. The first-order valence-corrected chi connectivity index (χ1v) is 6.53. The molecule has 0 heterocycles. The van der Waals surface area contributed by atoms with Crippen molar-refractivity contribution in [2.45, 2.75) is 12.1 Å². The van der Waals surface area contributed by atoms with Crippen LogP contribution < -0.4 is 11.5 Å². The normalized spacial score (nSPS) is 14.9. The molecule has 4 N–H and O–H groups in total. The molecule has 0 bridgehead atoms. The maximum Gasteiger partial charge on any atom is 0.170 e. The predicted octanol–water partition coefficient (Wildman–Crippen LogP) is -1.05. The summed E-state index contributed by atoms with van der Waals surface area (Å²) in [5, 5.41) is 0. The Hall–Kier alpha value is -0.526. The van der Waals surface area contributed by atoms with Gasteiger partial charge in [0, 0.05) is 0 Å². The second-order valence-corrected chi connectivity index (χ2v) is 6.26. The maximum atomic E-state index is 5.42. The molecule has 0 aliphatic rings. The summed E-state index contributed by atoms with van der Waals surface area (Å²) in [6.07, 6.45) is 7.07. The van der Waals surface area contributed by atoms with E-state index in [1.165, 1.54) is 0 Å². The summed E-state index contributed by atoms with van der Waals surface area (Å²) in [7, 11) is -0.202. The van der Waals surface area contributed by atoms with Gasteiger partial charge in [0.1, 0.15) is 10.5 Å². The van der Waals surface area contributed by atoms with Crippen molar-refractivity contribution in [1.82, 2.24) is 0 Å². The molecule has 0 unspecified atom stereocenters. The Morgan fingerprint density at radius 1 is 1.18 bits per heavy atom. The van der Waals surface area contributed by atoms with Gasteiger partial charge in [0.25, 0.3) is 0 Å². The Morgan fingerprint density at radius 2 is 1.64 bits per heavy atom. The highest BCUT2D eigenvalue weighted by atomic mass is 28.3. The van der Waals surface area contributed by atoms with E-state index in [4.69, 9.17) is 15.6 Å². The van der Waals surface area contributed by atoms with E-state index in [0.717, 1.165) is 22.6 Å². The zero-order valence-electron chi connectivity index (χ0n) is 6.86. The molecule has 0 radical (unpaired) electrons. The molecule has 0 spiro atoms. The average Bonchev–Trinajstić information content (AvgIpc) is 2.05. The van der Waals surface area contributed by atoms with Crippen molar-refractivity contribution in [3.05, 3.63) is 24.6 Å². The van der Waals surface area contributed by atoms with Gasteiger partial charge < -0.3 is 15.6 Å². The van der Waals surface area contributed by atoms with E-state index in [2.05, 4.69) is 0 Å². The number of hydrogen-bond acceptors (Lipinski definition) is 3. The molecule has 0 aromatic carbocycles. The van der Waals surface area contributed by atoms with E-state index < -0.39 is 9.04 Å². The van der Waals surface area contributed by atoms with Crippen LogP contribution in [0.25, 0.3) is 0 Å². The van der Waals surface area contributed by atoms with Crippen molar-refractivity contribution in [2.75, 3.05) is 0 Å². The van der Waals surface area contributed by atoms with Gasteiger partial charge in [-0.05, 0) is 24.5 Å². The molecule has 5 heteroatoms. The van der Waals surface area contributed by atoms with Crippen LogP contribution in [0.2, 0.25) is 12.1 Å². The van der Waals surface area contributed by atoms with Crippen molar-refractivity contribution >= 4 is 19.5 Å². The molecule has 0 saturated heterocycles. The highest BCUT2D eigenvalue weighted by Crippen LogP contribution is 2.01. The van der Waals surface area contributed by atoms with Crippen LogP contribution in [-0.2, 0) is 4.12 Å². The second-order valence-electron chi connectivity index (χ2n) is 2.19. The molecule has 3 nitrogen and oxygen atoms in total. The summed E-state index contributed by atoms with van der Waals surface area (Å²) in [5.41, 5.74) is 10.4. The van der Waals surface area contributed by atoms with Gasteiger partial charge in [-0.3, -0.25) is 0 Å². The minimum absolute atomic E-state index is 0.818. The minimum atomic E-state index is -1.02. The van der Waals surface area contributed by atoms with E-state index in [0.29, 0.717) is 0 Å². The number of hydrogen-bond donors (Lipinski definition) is 2. The molecule has 0 atom stereocenters. The highest BCUT2D eigenvalue weighted by molar-refractivity contribution is 6.56. The van der Waals surface area contributed by atoms with Crippen LogP contribution in [0.15, 0.2) is 24.6 Å². The smallest absolute Gasteiger partial charge is 0.170 e. The first kappa shape index (κ1) is 10.5. The van der Waals surface area contributed by atoms with E-state index >= 15 is 0 Å². The molecule has 0 aromatic heterocycles. The Labute approximate surface area is 72.4 Å². The fraction of sp³-hybridized carbons (Fsp3) is 0.333. The fourth-order valence-electron chi connectivity index (χ4n) is 0.749. The quantitative estimate of drug-likeness (QED) is 0.541. The van der Waals surface area contributed by atoms with Gasteiger partial charge in [0.2, 0.25) is 0 Å². The van der Waals surface area contributed by atoms with E-state index in [9.17, 15) is 0 Å². The second kappa shape index (κ2) is 7.58. The lowest BCUT2D eigenvalue weighted by Crippen LogP contribution is -2.14. The molecule has 0 fully saturated rings. The topological polar surface area (TPSA) is 61.3 Å². The molecule has 0 aliphatic heterocycles. The molecule has 0 saturated carbocycles. The molecular weight excluding hydrogens is 172 g/mol. The van der Waals surface area contributed by atoms with Crippen LogP contribution in [-0.4, -0.2) is 19.5 Å². The monoisotopic (exact) mass is 188 g/mol. The highest BCUT2D eigenvalue weighted by Gasteiger charge is 2.03. The lowest BCUT2D eigenvalue weighted by molar-refractivity contribution is 0.636. The standard InChI is InChI=1S/C6H16N2OSi2/c7-3-1-5-11(9-10)6-2-4-8/h1-4,11H,5-8H2,10H3. The fourth-order valence-corrected chi connectivity index (χ4v) is 3.40. The molecule has 64 valence electrons. The van der Waals surface area contributed by atoms with Gasteiger partial charge >= 0.3 is 0 Å². The van der Waals surface area contributed by atoms with Gasteiger partial charge in [-0.1, -0.05) is 12.2 Å². The maximum absolute atomic E-state index is 5.42. The van der Waals surface area contributed by atoms with Crippen molar-refractivity contribution in [3.63, 3.8) is 0 Å². The minimum Gasteiger partial charge on any atom is -0.465 e. The van der Waals surface area contributed by atoms with E-state index in [1.807, 2.05) is 12.2 Å². The van der Waals surface area contributed by atoms with Crippen LogP contribution in [0.5, 0.6) is 0 Å². The summed E-state index contributed by atoms with van der Waals surface area (Å²) in [6.45, 7) is 0. The van der Waals surface area contributed by atoms with Crippen molar-refractivity contribution < 1.29 is 4.12 Å². The molecule has 0 aliphatic carbocycles. The first-order valence-electron chi connectivity index (χ1n) is 3.61. The third-order valence-electron chi connectivity index (χ3n) is 1.40. The molecular formula is C6H16N2OSi2. The molecule has 0 aromatic rings. The van der Waals surface area contributed by atoms with Gasteiger partial charge in [0.15, 0.2) is 9.04 Å². The molecule has 0 rings (SSSR count). The Bertz CT molecular complexity index is 125. The van der Waals surface area contributed by atoms with E-state index in [-0.39, 0.29) is 0 Å². The first-order chi connectivity index (χ1) is 5.35. The summed E-state index contributed by atoms with van der Waals surface area (Å²) >= 11 is 0. The van der Waals surface area contributed by atoms with E-state index in [1.54, 1.807) is 12.4 Å². The SMILES string of the molecule is NC=CC[SiH](CC=CN)O[SiH3]. The van der Waals surface area contributed by atoms with Gasteiger partial charge in [-0.2, -0.15) is 0 Å². The zero-order chi connectivity index (χ0) is 8.53. The van der Waals surface area contributed by atoms with Crippen LogP contribution in [0.3, 0.4) is 0 Å². The van der Waals surface area contributed by atoms with Crippen molar-refractivity contribution in [2.24, 2.45) is 11.5 Å². The predicted molar refractivity (Wildman–Crippen MR) is 54.4 cm³/mol. The molecule has 11 heavy (non-hydrogen) atoms. The van der Waals surface area contributed by atoms with Crippen LogP contribution in [0, 0.1) is 0 Å². The van der Waals surface area contributed by atoms with Gasteiger partial charge in [-0.15, -0.1) is 0 Å². The molecule has 0 amide bonds. The zero-order valence-corrected chi connectivity index (χ0v) is 10.0. The number of rotatable bonds is 5. The Morgan fingerprint density at radius 3 is 1.91 bits per heavy atom. The Kier molecular flexibility index (Phi) is 7.22. The number of nitrogens with two attached hydrogens (primary N) is 2. The summed E-state index contributed by atoms with van der Waals surface area (Å²) < 4.78 is 5.42. The van der Waals surface area contributed by atoms with Crippen molar-refractivity contribution in [1.29, 1.82) is 0 Å². The summed E-state index contributed by atoms with van der Waals surface area (Å²) in [5.74, 6) is 0. The third-order valence-corrected chi connectivity index (χ3v) is 5.67. The number of allylic oxidation sites excluding steroid dienone is 2. The lowest BCUT2D eigenvalue weighted by Gasteiger charge is -2.07. The summed E-state index contributed by atoms with van der Waals surface area (Å²) in [6, 6.07) is 2.01. The van der Waals surface area contributed by atoms with Crippen molar-refractivity contribution in [3.8, 4) is 0 Å². The average molecular weight is 188 g/mol. The van der Waals surface area contributed by atoms with Gasteiger partial charge in [-0.25, -0.2) is 0 Å². The Balaban J connectivity index is 3.57. The summed E-state index contributed by atoms with van der Waals surface area (Å²) in [4.78, 5) is 0. The third kappa shape index (κ3) is 5.90. The van der Waals surface area contributed by atoms with Gasteiger partial charge in [0.05, 0.1) is 0 Å².